The lowest BCUT2D eigenvalue weighted by Crippen LogP contribution is -2.20. The minimum absolute atomic E-state index is 0.261. The summed E-state index contributed by atoms with van der Waals surface area (Å²) in [5.74, 6) is -0.0422. The molecule has 0 spiro atoms. The van der Waals surface area contributed by atoms with Crippen LogP contribution in [0.15, 0.2) is 42.7 Å². The van der Waals surface area contributed by atoms with Crippen LogP contribution in [0.5, 0.6) is 5.75 Å². The first-order valence-electron chi connectivity index (χ1n) is 8.15. The number of aromatic nitrogens is 2. The second kappa shape index (κ2) is 6.85. The second-order valence-corrected chi connectivity index (χ2v) is 6.40. The molecule has 3 heterocycles. The predicted octanol–water partition coefficient (Wildman–Crippen LogP) is 3.51. The monoisotopic (exact) mass is 384 g/mol. The Morgan fingerprint density at radius 3 is 2.89 bits per heavy atom. The molecular formula is C19H14ClFN4O2. The molecule has 0 bridgehead atoms. The van der Waals surface area contributed by atoms with Gasteiger partial charge < -0.3 is 15.8 Å². The quantitative estimate of drug-likeness (QED) is 0.721. The fourth-order valence-electron chi connectivity index (χ4n) is 2.89. The Morgan fingerprint density at radius 1 is 1.22 bits per heavy atom. The Labute approximate surface area is 159 Å². The summed E-state index contributed by atoms with van der Waals surface area (Å²) in [5, 5.41) is 3.55. The molecule has 0 atom stereocenters. The van der Waals surface area contributed by atoms with Crippen molar-refractivity contribution in [2.75, 3.05) is 18.5 Å². The Morgan fingerprint density at radius 2 is 2.07 bits per heavy atom. The minimum Gasteiger partial charge on any atom is -0.487 e. The van der Waals surface area contributed by atoms with Crippen molar-refractivity contribution in [3.05, 3.63) is 59.1 Å². The summed E-state index contributed by atoms with van der Waals surface area (Å²) in [4.78, 5) is 20.1. The summed E-state index contributed by atoms with van der Waals surface area (Å²) >= 11 is 6.03. The number of rotatable bonds is 3. The van der Waals surface area contributed by atoms with E-state index in [0.717, 1.165) is 0 Å². The van der Waals surface area contributed by atoms with Crippen molar-refractivity contribution >= 4 is 23.3 Å². The van der Waals surface area contributed by atoms with Crippen LogP contribution in [0.25, 0.3) is 22.4 Å². The molecule has 27 heavy (non-hydrogen) atoms. The molecule has 0 radical (unpaired) electrons. The maximum atomic E-state index is 14.4. The number of carbonyl (C=O) groups excluding carboxylic acids is 1. The van der Waals surface area contributed by atoms with Gasteiger partial charge in [-0.3, -0.25) is 9.78 Å². The zero-order chi connectivity index (χ0) is 19.0. The van der Waals surface area contributed by atoms with E-state index in [0.29, 0.717) is 46.6 Å². The van der Waals surface area contributed by atoms with Gasteiger partial charge >= 0.3 is 0 Å². The number of primary amides is 1. The zero-order valence-corrected chi connectivity index (χ0v) is 14.8. The standard InChI is InChI=1S/C19H14ClFN4O2/c20-12-1-2-15(21)14(6-12)16-7-13(17-19(25-16)24-3-4-27-17)10-5-11(18(22)26)9-23-8-10/h1-2,5-9H,3-4H2,(H2,22,26)(H,24,25). The number of nitrogens with one attached hydrogen (secondary N) is 1. The predicted molar refractivity (Wildman–Crippen MR) is 100 cm³/mol. The first kappa shape index (κ1) is 17.2. The van der Waals surface area contributed by atoms with Crippen LogP contribution in [-0.4, -0.2) is 29.0 Å². The smallest absolute Gasteiger partial charge is 0.250 e. The van der Waals surface area contributed by atoms with Crippen molar-refractivity contribution in [1.29, 1.82) is 0 Å². The molecular weight excluding hydrogens is 371 g/mol. The van der Waals surface area contributed by atoms with Gasteiger partial charge in [-0.05, 0) is 30.3 Å². The highest BCUT2D eigenvalue weighted by molar-refractivity contribution is 6.30. The van der Waals surface area contributed by atoms with E-state index in [1.807, 2.05) is 0 Å². The fourth-order valence-corrected chi connectivity index (χ4v) is 3.06. The summed E-state index contributed by atoms with van der Waals surface area (Å²) in [6, 6.07) is 7.57. The summed E-state index contributed by atoms with van der Waals surface area (Å²) in [5.41, 5.74) is 7.49. The highest BCUT2D eigenvalue weighted by Crippen LogP contribution is 2.40. The molecule has 8 heteroatoms. The molecule has 3 N–H and O–H groups in total. The number of amides is 1. The van der Waals surface area contributed by atoms with E-state index in [1.165, 1.54) is 24.4 Å². The van der Waals surface area contributed by atoms with Crippen LogP contribution in [0.1, 0.15) is 10.4 Å². The number of nitrogens with two attached hydrogens (primary N) is 1. The van der Waals surface area contributed by atoms with E-state index in [-0.39, 0.29) is 11.1 Å². The van der Waals surface area contributed by atoms with Gasteiger partial charge in [0, 0.05) is 34.1 Å². The van der Waals surface area contributed by atoms with E-state index in [1.54, 1.807) is 18.3 Å². The molecule has 1 aliphatic rings. The van der Waals surface area contributed by atoms with Crippen LogP contribution in [0.3, 0.4) is 0 Å². The number of hydrogen-bond donors (Lipinski definition) is 2. The summed E-state index contributed by atoms with van der Waals surface area (Å²) in [6.07, 6.45) is 2.97. The number of ether oxygens (including phenoxy) is 1. The van der Waals surface area contributed by atoms with Crippen molar-refractivity contribution in [3.63, 3.8) is 0 Å². The summed E-state index contributed by atoms with van der Waals surface area (Å²) in [7, 11) is 0. The number of fused-ring (bicyclic) bond motifs is 1. The van der Waals surface area contributed by atoms with Crippen molar-refractivity contribution < 1.29 is 13.9 Å². The van der Waals surface area contributed by atoms with Crippen molar-refractivity contribution in [2.45, 2.75) is 0 Å². The number of carbonyl (C=O) groups is 1. The Hall–Kier alpha value is -3.19. The number of pyridine rings is 2. The lowest BCUT2D eigenvalue weighted by atomic mass is 10.0. The molecule has 2 aromatic heterocycles. The first-order valence-corrected chi connectivity index (χ1v) is 8.53. The normalized spacial score (nSPS) is 12.7. The van der Waals surface area contributed by atoms with Gasteiger partial charge in [-0.1, -0.05) is 11.6 Å². The van der Waals surface area contributed by atoms with Crippen LogP contribution in [0.4, 0.5) is 10.2 Å². The minimum atomic E-state index is -0.590. The van der Waals surface area contributed by atoms with Gasteiger partial charge in [0.05, 0.1) is 17.8 Å². The second-order valence-electron chi connectivity index (χ2n) is 5.96. The molecule has 0 saturated carbocycles. The molecule has 1 aromatic carbocycles. The van der Waals surface area contributed by atoms with Gasteiger partial charge in [0.15, 0.2) is 11.6 Å². The zero-order valence-electron chi connectivity index (χ0n) is 14.0. The number of nitrogens with zero attached hydrogens (tertiary/aromatic N) is 2. The van der Waals surface area contributed by atoms with Gasteiger partial charge in [0.1, 0.15) is 12.4 Å². The van der Waals surface area contributed by atoms with Gasteiger partial charge in [0.2, 0.25) is 5.91 Å². The highest BCUT2D eigenvalue weighted by atomic mass is 35.5. The van der Waals surface area contributed by atoms with E-state index in [4.69, 9.17) is 22.1 Å². The third-order valence-corrected chi connectivity index (χ3v) is 4.39. The molecule has 6 nitrogen and oxygen atoms in total. The summed E-state index contributed by atoms with van der Waals surface area (Å²) in [6.45, 7) is 1.02. The molecule has 0 fully saturated rings. The number of halogens is 2. The van der Waals surface area contributed by atoms with Gasteiger partial charge in [-0.2, -0.15) is 0 Å². The number of hydrogen-bond acceptors (Lipinski definition) is 5. The molecule has 1 amide bonds. The van der Waals surface area contributed by atoms with Gasteiger partial charge in [-0.15, -0.1) is 0 Å². The summed E-state index contributed by atoms with van der Waals surface area (Å²) < 4.78 is 20.1. The van der Waals surface area contributed by atoms with Crippen LogP contribution in [0.2, 0.25) is 5.02 Å². The average molecular weight is 385 g/mol. The van der Waals surface area contributed by atoms with Crippen LogP contribution in [0, 0.1) is 5.82 Å². The van der Waals surface area contributed by atoms with E-state index >= 15 is 0 Å². The first-order chi connectivity index (χ1) is 13.0. The van der Waals surface area contributed by atoms with Crippen molar-refractivity contribution in [1.82, 2.24) is 9.97 Å². The Balaban J connectivity index is 1.94. The number of anilines is 1. The number of benzene rings is 1. The third kappa shape index (κ3) is 3.29. The largest absolute Gasteiger partial charge is 0.487 e. The van der Waals surface area contributed by atoms with E-state index < -0.39 is 11.7 Å². The fraction of sp³-hybridized carbons (Fsp3) is 0.105. The SMILES string of the molecule is NC(=O)c1cncc(-c2cc(-c3cc(Cl)ccc3F)nc3c2OCCN3)c1. The topological polar surface area (TPSA) is 90.1 Å². The maximum absolute atomic E-state index is 14.4. The molecule has 0 aliphatic carbocycles. The molecule has 0 saturated heterocycles. The van der Waals surface area contributed by atoms with Gasteiger partial charge in [-0.25, -0.2) is 9.37 Å². The molecule has 1 aliphatic heterocycles. The maximum Gasteiger partial charge on any atom is 0.250 e. The van der Waals surface area contributed by atoms with Crippen molar-refractivity contribution in [3.8, 4) is 28.1 Å². The Bertz CT molecular complexity index is 1060. The van der Waals surface area contributed by atoms with Crippen molar-refractivity contribution in [2.24, 2.45) is 5.73 Å². The molecule has 0 unspecified atom stereocenters. The van der Waals surface area contributed by atoms with E-state index in [9.17, 15) is 9.18 Å². The van der Waals surface area contributed by atoms with Crippen LogP contribution < -0.4 is 15.8 Å². The Kier molecular flexibility index (Phi) is 4.37. The van der Waals surface area contributed by atoms with Gasteiger partial charge in [0.25, 0.3) is 0 Å². The lowest BCUT2D eigenvalue weighted by Gasteiger charge is -2.22. The lowest BCUT2D eigenvalue weighted by molar-refractivity contribution is 0.1000. The highest BCUT2D eigenvalue weighted by Gasteiger charge is 2.21. The third-order valence-electron chi connectivity index (χ3n) is 4.15. The molecule has 136 valence electrons. The van der Waals surface area contributed by atoms with Crippen LogP contribution >= 0.6 is 11.6 Å². The molecule has 4 rings (SSSR count). The van der Waals surface area contributed by atoms with E-state index in [2.05, 4.69) is 15.3 Å². The average Bonchev–Trinajstić information content (AvgIpc) is 2.69. The van der Waals surface area contributed by atoms with Crippen LogP contribution in [-0.2, 0) is 0 Å². The molecule has 3 aromatic rings.